The third-order valence-electron chi connectivity index (χ3n) is 7.56. The topological polar surface area (TPSA) is 75.2 Å². The molecule has 206 valence electrons. The molecule has 2 heterocycles. The minimum Gasteiger partial charge on any atom is -0.307 e. The molecule has 1 N–H and O–H groups in total. The van der Waals surface area contributed by atoms with E-state index in [1.165, 1.54) is 54.6 Å². The van der Waals surface area contributed by atoms with Gasteiger partial charge >= 0.3 is 12.4 Å². The third kappa shape index (κ3) is 3.90. The van der Waals surface area contributed by atoms with E-state index in [-0.39, 0.29) is 17.8 Å². The summed E-state index contributed by atoms with van der Waals surface area (Å²) in [5.41, 5.74) is -10.6. The molecule has 2 aromatic carbocycles. The van der Waals surface area contributed by atoms with Gasteiger partial charge in [-0.1, -0.05) is 50.2 Å². The van der Waals surface area contributed by atoms with Gasteiger partial charge < -0.3 is 4.90 Å². The first-order valence-corrected chi connectivity index (χ1v) is 12.1. The number of carbonyl (C=O) groups excluding carboxylic acids is 2. The van der Waals surface area contributed by atoms with Gasteiger partial charge in [0.05, 0.1) is 17.2 Å². The van der Waals surface area contributed by atoms with E-state index in [1.807, 2.05) is 0 Å². The van der Waals surface area contributed by atoms with E-state index in [9.17, 15) is 27.6 Å². The van der Waals surface area contributed by atoms with Crippen molar-refractivity contribution < 1.29 is 35.9 Å². The van der Waals surface area contributed by atoms with Crippen LogP contribution in [0.5, 0.6) is 0 Å². The summed E-state index contributed by atoms with van der Waals surface area (Å²) in [5.74, 6) is -5.09. The highest BCUT2D eigenvalue weighted by molar-refractivity contribution is 6.11. The molecule has 0 radical (unpaired) electrons. The number of carbonyl (C=O) groups is 2. The molecule has 2 fully saturated rings. The number of H-pyrrole nitrogens is 1. The lowest BCUT2D eigenvalue weighted by atomic mass is 9.60. The van der Waals surface area contributed by atoms with Crippen molar-refractivity contribution in [3.05, 3.63) is 82.3 Å². The van der Waals surface area contributed by atoms with Crippen LogP contribution in [-0.4, -0.2) is 33.7 Å². The molecule has 5 rings (SSSR count). The van der Waals surface area contributed by atoms with Crippen LogP contribution in [0.1, 0.15) is 37.9 Å². The molecule has 6 nitrogen and oxygen atoms in total. The van der Waals surface area contributed by atoms with E-state index >= 15 is 13.2 Å². The molecule has 1 aliphatic carbocycles. The van der Waals surface area contributed by atoms with Crippen molar-refractivity contribution in [3.8, 4) is 5.69 Å². The molecule has 3 unspecified atom stereocenters. The number of ketones is 1. The van der Waals surface area contributed by atoms with Crippen molar-refractivity contribution in [3.63, 3.8) is 0 Å². The number of anilines is 1. The number of halogens is 6. The van der Waals surface area contributed by atoms with Gasteiger partial charge in [-0.05, 0) is 36.1 Å². The van der Waals surface area contributed by atoms with E-state index in [0.29, 0.717) is 4.68 Å². The van der Waals surface area contributed by atoms with Gasteiger partial charge in [0, 0.05) is 18.2 Å². The van der Waals surface area contributed by atoms with Gasteiger partial charge in [0.15, 0.2) is 5.41 Å². The zero-order chi connectivity index (χ0) is 28.5. The Balaban J connectivity index is 1.90. The second-order valence-corrected chi connectivity index (χ2v) is 10.7. The minimum atomic E-state index is -5.73. The van der Waals surface area contributed by atoms with Gasteiger partial charge in [-0.25, -0.2) is 4.68 Å². The number of Topliss-reactive ketones (excluding diaryl/α,β-unsaturated/α-hetero) is 1. The maximum atomic E-state index is 15.4. The summed E-state index contributed by atoms with van der Waals surface area (Å²) in [4.78, 5) is 42.0. The number of amides is 1. The molecule has 0 bridgehead atoms. The molecule has 3 aromatic rings. The molecule has 1 aromatic heterocycles. The lowest BCUT2D eigenvalue weighted by Crippen LogP contribution is -2.58. The quantitative estimate of drug-likeness (QED) is 0.443. The van der Waals surface area contributed by atoms with Crippen molar-refractivity contribution >= 4 is 17.4 Å². The summed E-state index contributed by atoms with van der Waals surface area (Å²) in [6, 6.07) is 12.5. The predicted octanol–water partition coefficient (Wildman–Crippen LogP) is 5.41. The molecule has 3 atom stereocenters. The molecule has 1 saturated heterocycles. The number of nitrogens with zero attached hydrogens (tertiary/aromatic N) is 2. The number of aromatic nitrogens is 2. The second-order valence-electron chi connectivity index (χ2n) is 10.7. The summed E-state index contributed by atoms with van der Waals surface area (Å²) in [5, 5.41) is 1.78. The SMILES string of the molecule is CC1(C)CC(=O)C2C(C1)N(c1ccccc1)C(=O)C2(c1c(C(F)(F)F)[nH]n(-c2ccccc2)c1=O)C(F)(F)F. The normalized spacial score (nSPS) is 25.2. The van der Waals surface area contributed by atoms with E-state index in [2.05, 4.69) is 0 Å². The number of aromatic amines is 1. The fraction of sp³-hybridized carbons (Fsp3) is 0.370. The van der Waals surface area contributed by atoms with Crippen molar-refractivity contribution in [1.82, 2.24) is 9.78 Å². The maximum absolute atomic E-state index is 15.4. The second kappa shape index (κ2) is 8.59. The van der Waals surface area contributed by atoms with E-state index in [4.69, 9.17) is 0 Å². The van der Waals surface area contributed by atoms with Crippen LogP contribution in [0.4, 0.5) is 32.0 Å². The Morgan fingerprint density at radius 1 is 0.846 bits per heavy atom. The zero-order valence-electron chi connectivity index (χ0n) is 20.7. The summed E-state index contributed by atoms with van der Waals surface area (Å²) in [6.45, 7) is 3.28. The highest BCUT2D eigenvalue weighted by Crippen LogP contribution is 2.60. The zero-order valence-corrected chi connectivity index (χ0v) is 20.7. The van der Waals surface area contributed by atoms with Gasteiger partial charge in [0.1, 0.15) is 11.5 Å². The standard InChI is InChI=1S/C27H23F6N3O3/c1-24(2)13-17-19(18(37)14-24)25(27(31,32)33,23(39)35(17)15-9-5-3-6-10-15)20-21(26(28,29)30)34-36(22(20)38)16-11-7-4-8-12-16/h3-12,17,19,34H,13-14H2,1-2H3. The Kier molecular flexibility index (Phi) is 5.89. The number of nitrogens with one attached hydrogen (secondary N) is 1. The predicted molar refractivity (Wildman–Crippen MR) is 128 cm³/mol. The number of alkyl halides is 6. The Labute approximate surface area is 218 Å². The fourth-order valence-corrected chi connectivity index (χ4v) is 6.16. The molecule has 39 heavy (non-hydrogen) atoms. The van der Waals surface area contributed by atoms with Crippen molar-refractivity contribution in [1.29, 1.82) is 0 Å². The van der Waals surface area contributed by atoms with Crippen molar-refractivity contribution in [2.24, 2.45) is 11.3 Å². The fourth-order valence-electron chi connectivity index (χ4n) is 6.16. The average molecular weight is 551 g/mol. The molecule has 0 spiro atoms. The molecule has 12 heteroatoms. The third-order valence-corrected chi connectivity index (χ3v) is 7.56. The molecular weight excluding hydrogens is 528 g/mol. The lowest BCUT2D eigenvalue weighted by Gasteiger charge is -2.42. The van der Waals surface area contributed by atoms with Crippen molar-refractivity contribution in [2.75, 3.05) is 4.90 Å². The molecule has 1 amide bonds. The van der Waals surface area contributed by atoms with E-state index in [1.54, 1.807) is 25.0 Å². The first kappa shape index (κ1) is 26.8. The van der Waals surface area contributed by atoms with Crippen LogP contribution < -0.4 is 10.5 Å². The number of fused-ring (bicyclic) bond motifs is 1. The van der Waals surface area contributed by atoms with Crippen LogP contribution in [-0.2, 0) is 21.2 Å². The number of rotatable bonds is 3. The van der Waals surface area contributed by atoms with E-state index in [0.717, 1.165) is 4.90 Å². The molecular formula is C27H23F6N3O3. The van der Waals surface area contributed by atoms with Crippen LogP contribution >= 0.6 is 0 Å². The monoisotopic (exact) mass is 551 g/mol. The summed E-state index contributed by atoms with van der Waals surface area (Å²) in [6.07, 6.45) is -11.7. The van der Waals surface area contributed by atoms with E-state index < -0.39 is 70.1 Å². The van der Waals surface area contributed by atoms with Crippen LogP contribution in [0.3, 0.4) is 0 Å². The minimum absolute atomic E-state index is 0.0124. The first-order chi connectivity index (χ1) is 18.1. The summed E-state index contributed by atoms with van der Waals surface area (Å²) in [7, 11) is 0. The molecule has 1 saturated carbocycles. The number of hydrogen-bond acceptors (Lipinski definition) is 3. The Morgan fingerprint density at radius 3 is 1.90 bits per heavy atom. The van der Waals surface area contributed by atoms with Crippen LogP contribution in [0.15, 0.2) is 65.5 Å². The van der Waals surface area contributed by atoms with Crippen molar-refractivity contribution in [2.45, 2.75) is 50.5 Å². The first-order valence-electron chi connectivity index (χ1n) is 12.1. The van der Waals surface area contributed by atoms with Crippen LogP contribution in [0, 0.1) is 11.3 Å². The van der Waals surface area contributed by atoms with Gasteiger partial charge in [-0.3, -0.25) is 19.5 Å². The van der Waals surface area contributed by atoms with Crippen LogP contribution in [0.25, 0.3) is 5.69 Å². The van der Waals surface area contributed by atoms with Gasteiger partial charge in [0.2, 0.25) is 5.91 Å². The Bertz CT molecular complexity index is 1490. The Morgan fingerprint density at radius 2 is 1.38 bits per heavy atom. The smallest absolute Gasteiger partial charge is 0.307 e. The van der Waals surface area contributed by atoms with Gasteiger partial charge in [-0.15, -0.1) is 0 Å². The number of para-hydroxylation sites is 2. The largest absolute Gasteiger partial charge is 0.433 e. The molecule has 2 aliphatic rings. The Hall–Kier alpha value is -3.83. The number of hydrogen-bond donors (Lipinski definition) is 1. The van der Waals surface area contributed by atoms with Gasteiger partial charge in [0.25, 0.3) is 5.56 Å². The highest BCUT2D eigenvalue weighted by Gasteiger charge is 2.78. The summed E-state index contributed by atoms with van der Waals surface area (Å²) < 4.78 is 89.8. The highest BCUT2D eigenvalue weighted by atomic mass is 19.4. The van der Waals surface area contributed by atoms with Gasteiger partial charge in [-0.2, -0.15) is 26.3 Å². The number of benzene rings is 2. The lowest BCUT2D eigenvalue weighted by molar-refractivity contribution is -0.206. The average Bonchev–Trinajstić information content (AvgIpc) is 3.31. The molecule has 1 aliphatic heterocycles. The maximum Gasteiger partial charge on any atom is 0.433 e. The van der Waals surface area contributed by atoms with Crippen LogP contribution in [0.2, 0.25) is 0 Å². The summed E-state index contributed by atoms with van der Waals surface area (Å²) >= 11 is 0.